The molecule has 1 aliphatic heterocycles. The smallest absolute Gasteiger partial charge is 0.150 e. The molecule has 5 heteroatoms. The van der Waals surface area contributed by atoms with Crippen molar-refractivity contribution in [3.63, 3.8) is 0 Å². The van der Waals surface area contributed by atoms with Gasteiger partial charge in [-0.05, 0) is 31.4 Å². The molecule has 0 aliphatic carbocycles. The molecular formula is C14H20FNO2S. The van der Waals surface area contributed by atoms with Crippen LogP contribution in [0.15, 0.2) is 24.3 Å². The van der Waals surface area contributed by atoms with Crippen LogP contribution in [0, 0.1) is 11.7 Å². The Kier molecular flexibility index (Phi) is 4.58. The molecule has 1 N–H and O–H groups in total. The lowest BCUT2D eigenvalue weighted by Gasteiger charge is -2.24. The maximum Gasteiger partial charge on any atom is 0.150 e. The standard InChI is InChI=1S/C14H20FNO2S/c1-2-8-16-14(11-7-9-19(17,18)10-11)12-5-3-4-6-13(12)15/h3-6,11,14,16H,2,7-10H2,1H3. The van der Waals surface area contributed by atoms with Crippen molar-refractivity contribution >= 4 is 9.84 Å². The van der Waals surface area contributed by atoms with Gasteiger partial charge in [-0.2, -0.15) is 0 Å². The van der Waals surface area contributed by atoms with Gasteiger partial charge in [-0.25, -0.2) is 12.8 Å². The van der Waals surface area contributed by atoms with E-state index in [4.69, 9.17) is 0 Å². The van der Waals surface area contributed by atoms with Gasteiger partial charge in [0.05, 0.1) is 11.5 Å². The number of sulfone groups is 1. The Morgan fingerprint density at radius 1 is 1.42 bits per heavy atom. The van der Waals surface area contributed by atoms with Crippen molar-refractivity contribution in [2.75, 3.05) is 18.1 Å². The second kappa shape index (κ2) is 6.01. The maximum absolute atomic E-state index is 13.9. The largest absolute Gasteiger partial charge is 0.310 e. The summed E-state index contributed by atoms with van der Waals surface area (Å²) in [4.78, 5) is 0. The molecule has 106 valence electrons. The molecule has 0 spiro atoms. The maximum atomic E-state index is 13.9. The highest BCUT2D eigenvalue weighted by molar-refractivity contribution is 7.91. The lowest BCUT2D eigenvalue weighted by molar-refractivity contribution is 0.380. The molecule has 0 amide bonds. The van der Waals surface area contributed by atoms with Gasteiger partial charge in [0.1, 0.15) is 5.82 Å². The molecule has 1 heterocycles. The summed E-state index contributed by atoms with van der Waals surface area (Å²) in [5, 5.41) is 3.30. The van der Waals surface area contributed by atoms with E-state index in [1.807, 2.05) is 6.92 Å². The van der Waals surface area contributed by atoms with Crippen molar-refractivity contribution < 1.29 is 12.8 Å². The van der Waals surface area contributed by atoms with Crippen molar-refractivity contribution in [1.82, 2.24) is 5.32 Å². The van der Waals surface area contributed by atoms with Crippen LogP contribution in [0.2, 0.25) is 0 Å². The Bertz CT molecular complexity index is 530. The summed E-state index contributed by atoms with van der Waals surface area (Å²) in [7, 11) is -2.95. The van der Waals surface area contributed by atoms with E-state index >= 15 is 0 Å². The van der Waals surface area contributed by atoms with Gasteiger partial charge in [-0.15, -0.1) is 0 Å². The number of nitrogens with one attached hydrogen (secondary N) is 1. The molecule has 0 aromatic heterocycles. The van der Waals surface area contributed by atoms with Crippen LogP contribution < -0.4 is 5.32 Å². The topological polar surface area (TPSA) is 46.2 Å². The fourth-order valence-electron chi connectivity index (χ4n) is 2.64. The van der Waals surface area contributed by atoms with Gasteiger partial charge in [-0.1, -0.05) is 25.1 Å². The number of hydrogen-bond acceptors (Lipinski definition) is 3. The molecule has 0 saturated carbocycles. The fourth-order valence-corrected chi connectivity index (χ4v) is 4.48. The summed E-state index contributed by atoms with van der Waals surface area (Å²) in [6.45, 7) is 2.80. The molecule has 0 bridgehead atoms. The minimum absolute atomic E-state index is 0.0338. The average molecular weight is 285 g/mol. The second-order valence-electron chi connectivity index (χ2n) is 5.12. The Hall–Kier alpha value is -0.940. The van der Waals surface area contributed by atoms with Crippen molar-refractivity contribution in [3.8, 4) is 0 Å². The monoisotopic (exact) mass is 285 g/mol. The predicted octanol–water partition coefficient (Wildman–Crippen LogP) is 2.30. The SMILES string of the molecule is CCCNC(c1ccccc1F)C1CCS(=O)(=O)C1. The molecule has 0 radical (unpaired) electrons. The Morgan fingerprint density at radius 3 is 2.74 bits per heavy atom. The first-order chi connectivity index (χ1) is 9.03. The van der Waals surface area contributed by atoms with Gasteiger partial charge in [0.25, 0.3) is 0 Å². The summed E-state index contributed by atoms with van der Waals surface area (Å²) in [6, 6.07) is 6.41. The summed E-state index contributed by atoms with van der Waals surface area (Å²) in [5.41, 5.74) is 0.582. The lowest BCUT2D eigenvalue weighted by atomic mass is 9.92. The van der Waals surface area contributed by atoms with E-state index in [1.165, 1.54) is 6.07 Å². The van der Waals surface area contributed by atoms with Crippen LogP contribution in [0.4, 0.5) is 4.39 Å². The molecule has 2 unspecified atom stereocenters. The van der Waals surface area contributed by atoms with Crippen LogP contribution in [0.5, 0.6) is 0 Å². The minimum atomic E-state index is -2.95. The first kappa shape index (κ1) is 14.5. The van der Waals surface area contributed by atoms with E-state index in [-0.39, 0.29) is 29.3 Å². The van der Waals surface area contributed by atoms with Crippen LogP contribution in [0.25, 0.3) is 0 Å². The number of benzene rings is 1. The van der Waals surface area contributed by atoms with E-state index in [0.29, 0.717) is 12.0 Å². The van der Waals surface area contributed by atoms with Gasteiger partial charge in [0, 0.05) is 11.6 Å². The molecule has 1 aliphatic rings. The van der Waals surface area contributed by atoms with Crippen LogP contribution in [0.3, 0.4) is 0 Å². The van der Waals surface area contributed by atoms with Crippen LogP contribution in [0.1, 0.15) is 31.4 Å². The summed E-state index contributed by atoms with van der Waals surface area (Å²) in [5.74, 6) is 0.0768. The summed E-state index contributed by atoms with van der Waals surface area (Å²) < 4.78 is 37.2. The van der Waals surface area contributed by atoms with Crippen molar-refractivity contribution in [2.24, 2.45) is 5.92 Å². The van der Waals surface area contributed by atoms with Crippen molar-refractivity contribution in [2.45, 2.75) is 25.8 Å². The quantitative estimate of drug-likeness (QED) is 0.903. The third-order valence-corrected chi connectivity index (χ3v) is 5.39. The zero-order valence-electron chi connectivity index (χ0n) is 11.1. The highest BCUT2D eigenvalue weighted by Gasteiger charge is 2.35. The van der Waals surface area contributed by atoms with E-state index in [0.717, 1.165) is 13.0 Å². The highest BCUT2D eigenvalue weighted by atomic mass is 32.2. The zero-order valence-corrected chi connectivity index (χ0v) is 11.9. The first-order valence-electron chi connectivity index (χ1n) is 6.71. The molecule has 1 aromatic rings. The Balaban J connectivity index is 2.24. The summed E-state index contributed by atoms with van der Waals surface area (Å²) in [6.07, 6.45) is 1.54. The first-order valence-corrected chi connectivity index (χ1v) is 8.54. The Labute approximate surface area is 114 Å². The number of rotatable bonds is 5. The summed E-state index contributed by atoms with van der Waals surface area (Å²) >= 11 is 0. The van der Waals surface area contributed by atoms with Gasteiger partial charge in [0.15, 0.2) is 9.84 Å². The van der Waals surface area contributed by atoms with Crippen molar-refractivity contribution in [3.05, 3.63) is 35.6 Å². The highest BCUT2D eigenvalue weighted by Crippen LogP contribution is 2.32. The van der Waals surface area contributed by atoms with Crippen LogP contribution >= 0.6 is 0 Å². The molecule has 1 saturated heterocycles. The third-order valence-electron chi connectivity index (χ3n) is 3.59. The van der Waals surface area contributed by atoms with E-state index in [2.05, 4.69) is 5.32 Å². The van der Waals surface area contributed by atoms with E-state index in [9.17, 15) is 12.8 Å². The molecule has 19 heavy (non-hydrogen) atoms. The van der Waals surface area contributed by atoms with Gasteiger partial charge < -0.3 is 5.32 Å². The predicted molar refractivity (Wildman–Crippen MR) is 74.2 cm³/mol. The number of hydrogen-bond donors (Lipinski definition) is 1. The van der Waals surface area contributed by atoms with Crippen LogP contribution in [-0.2, 0) is 9.84 Å². The second-order valence-corrected chi connectivity index (χ2v) is 7.35. The molecule has 2 atom stereocenters. The van der Waals surface area contributed by atoms with E-state index in [1.54, 1.807) is 18.2 Å². The molecule has 3 nitrogen and oxygen atoms in total. The molecule has 1 fully saturated rings. The molecule has 2 rings (SSSR count). The zero-order chi connectivity index (χ0) is 13.9. The van der Waals surface area contributed by atoms with Crippen molar-refractivity contribution in [1.29, 1.82) is 0 Å². The number of halogens is 1. The van der Waals surface area contributed by atoms with Gasteiger partial charge in [0.2, 0.25) is 0 Å². The van der Waals surface area contributed by atoms with Gasteiger partial charge >= 0.3 is 0 Å². The lowest BCUT2D eigenvalue weighted by Crippen LogP contribution is -2.30. The fraction of sp³-hybridized carbons (Fsp3) is 0.571. The van der Waals surface area contributed by atoms with Gasteiger partial charge in [-0.3, -0.25) is 0 Å². The average Bonchev–Trinajstić information content (AvgIpc) is 2.72. The molecule has 1 aromatic carbocycles. The Morgan fingerprint density at radius 2 is 2.16 bits per heavy atom. The van der Waals surface area contributed by atoms with E-state index < -0.39 is 9.84 Å². The normalized spacial score (nSPS) is 23.4. The molecular weight excluding hydrogens is 265 g/mol. The minimum Gasteiger partial charge on any atom is -0.310 e. The van der Waals surface area contributed by atoms with Crippen LogP contribution in [-0.4, -0.2) is 26.5 Å². The third kappa shape index (κ3) is 3.54.